The van der Waals surface area contributed by atoms with Gasteiger partial charge in [0.2, 0.25) is 0 Å². The van der Waals surface area contributed by atoms with Gasteiger partial charge in [-0.3, -0.25) is 9.69 Å². The first-order valence-corrected chi connectivity index (χ1v) is 13.8. The molecule has 5 aliphatic rings. The second-order valence-corrected chi connectivity index (χ2v) is 11.5. The number of imide groups is 1. The Morgan fingerprint density at radius 1 is 1.18 bits per heavy atom. The highest BCUT2D eigenvalue weighted by atomic mass is 19.4. The minimum absolute atomic E-state index is 0.222. The summed E-state index contributed by atoms with van der Waals surface area (Å²) in [5.41, 5.74) is -0.197. The van der Waals surface area contributed by atoms with Crippen molar-refractivity contribution in [1.82, 2.24) is 10.2 Å². The lowest BCUT2D eigenvalue weighted by molar-refractivity contribution is -0.161. The summed E-state index contributed by atoms with van der Waals surface area (Å²) in [4.78, 5) is 39.5. The van der Waals surface area contributed by atoms with Crippen LogP contribution in [-0.4, -0.2) is 59.9 Å². The van der Waals surface area contributed by atoms with Gasteiger partial charge in [-0.05, 0) is 37.7 Å². The average molecular weight is 549 g/mol. The molecule has 2 heterocycles. The van der Waals surface area contributed by atoms with Crippen LogP contribution in [0.2, 0.25) is 0 Å². The minimum Gasteiger partial charge on any atom is -0.458 e. The molecule has 4 unspecified atom stereocenters. The molecule has 2 aliphatic heterocycles. The summed E-state index contributed by atoms with van der Waals surface area (Å²) in [5, 5.41) is 2.97. The molecule has 5 rings (SSSR count). The van der Waals surface area contributed by atoms with Crippen LogP contribution < -0.4 is 5.32 Å². The van der Waals surface area contributed by atoms with E-state index in [1.165, 1.54) is 16.5 Å². The zero-order valence-corrected chi connectivity index (χ0v) is 22.5. The van der Waals surface area contributed by atoms with Crippen LogP contribution in [0.3, 0.4) is 0 Å². The highest BCUT2D eigenvalue weighted by Gasteiger charge is 2.68. The number of ether oxygens (including phenoxy) is 2. The Bertz CT molecular complexity index is 1180. The van der Waals surface area contributed by atoms with Gasteiger partial charge in [0.05, 0.1) is 11.7 Å². The fourth-order valence-electron chi connectivity index (χ4n) is 7.02. The van der Waals surface area contributed by atoms with E-state index < -0.39 is 58.7 Å². The molecule has 39 heavy (non-hydrogen) atoms. The van der Waals surface area contributed by atoms with Crippen molar-refractivity contribution in [3.63, 3.8) is 0 Å². The Labute approximate surface area is 226 Å². The van der Waals surface area contributed by atoms with Crippen molar-refractivity contribution >= 4 is 17.9 Å². The number of carbonyl (C=O) groups is 3. The summed E-state index contributed by atoms with van der Waals surface area (Å²) >= 11 is 0. The first-order valence-electron chi connectivity index (χ1n) is 13.8. The number of amides is 3. The Kier molecular flexibility index (Phi) is 7.06. The molecular weight excluding hydrogens is 513 g/mol. The topological polar surface area (TPSA) is 84.9 Å². The van der Waals surface area contributed by atoms with E-state index in [1.54, 1.807) is 6.08 Å². The zero-order valence-electron chi connectivity index (χ0n) is 22.5. The molecule has 0 aromatic rings. The van der Waals surface area contributed by atoms with Crippen LogP contribution in [0.1, 0.15) is 59.3 Å². The van der Waals surface area contributed by atoms with Gasteiger partial charge < -0.3 is 14.8 Å². The van der Waals surface area contributed by atoms with Gasteiger partial charge in [-0.25, -0.2) is 9.59 Å². The van der Waals surface area contributed by atoms with E-state index in [9.17, 15) is 27.6 Å². The summed E-state index contributed by atoms with van der Waals surface area (Å²) in [6.07, 6.45) is 5.71. The highest BCUT2D eigenvalue weighted by Crippen LogP contribution is 2.59. The molecule has 212 valence electrons. The number of urea groups is 1. The summed E-state index contributed by atoms with van der Waals surface area (Å²) < 4.78 is 52.1. The van der Waals surface area contributed by atoms with Crippen molar-refractivity contribution in [2.75, 3.05) is 13.2 Å². The summed E-state index contributed by atoms with van der Waals surface area (Å²) in [6, 6.07) is -0.392. The van der Waals surface area contributed by atoms with E-state index >= 15 is 0 Å². The number of nitrogens with zero attached hydrogens (tertiary/aromatic N) is 1. The van der Waals surface area contributed by atoms with E-state index in [0.29, 0.717) is 38.4 Å². The summed E-state index contributed by atoms with van der Waals surface area (Å²) in [6.45, 7) is 6.48. The first kappa shape index (κ1) is 27.7. The van der Waals surface area contributed by atoms with Gasteiger partial charge >= 0.3 is 18.2 Å². The monoisotopic (exact) mass is 548 g/mol. The van der Waals surface area contributed by atoms with E-state index in [-0.39, 0.29) is 12.5 Å². The van der Waals surface area contributed by atoms with Crippen LogP contribution in [-0.2, 0) is 19.1 Å². The summed E-state index contributed by atoms with van der Waals surface area (Å²) in [7, 11) is 0. The number of hydrogen-bond donors (Lipinski definition) is 1. The van der Waals surface area contributed by atoms with Gasteiger partial charge in [0, 0.05) is 36.5 Å². The predicted octanol–water partition coefficient (Wildman–Crippen LogP) is 5.15. The number of allylic oxidation sites excluding steroid dienone is 1. The van der Waals surface area contributed by atoms with Crippen LogP contribution in [0.5, 0.6) is 0 Å². The van der Waals surface area contributed by atoms with Gasteiger partial charge in [-0.15, -0.1) is 0 Å². The number of carbonyl (C=O) groups excluding carboxylic acids is 3. The van der Waals surface area contributed by atoms with Crippen molar-refractivity contribution in [2.45, 2.75) is 83.2 Å². The quantitative estimate of drug-likeness (QED) is 0.196. The van der Waals surface area contributed by atoms with Crippen molar-refractivity contribution in [3.8, 4) is 0 Å². The molecule has 10 heteroatoms. The number of halogens is 3. The second-order valence-electron chi connectivity index (χ2n) is 11.5. The molecule has 0 aromatic heterocycles. The molecule has 0 radical (unpaired) electrons. The Balaban J connectivity index is 1.18. The van der Waals surface area contributed by atoms with Crippen LogP contribution in [0.4, 0.5) is 18.0 Å². The van der Waals surface area contributed by atoms with E-state index in [0.717, 1.165) is 18.4 Å². The lowest BCUT2D eigenvalue weighted by Crippen LogP contribution is -2.66. The maximum atomic E-state index is 13.6. The molecular formula is C29H35F3N2O5. The first-order chi connectivity index (χ1) is 18.4. The van der Waals surface area contributed by atoms with Crippen LogP contribution >= 0.6 is 0 Å². The molecule has 1 N–H and O–H groups in total. The molecule has 3 aliphatic carbocycles. The number of unbranched alkanes of at least 4 members (excludes halogenated alkanes) is 1. The lowest BCUT2D eigenvalue weighted by atomic mass is 9.50. The third-order valence-electron chi connectivity index (χ3n) is 9.00. The fourth-order valence-corrected chi connectivity index (χ4v) is 7.02. The van der Waals surface area contributed by atoms with Crippen molar-refractivity contribution < 1.29 is 37.0 Å². The number of nitrogens with one attached hydrogen (secondary N) is 1. The molecule has 1 fully saturated rings. The van der Waals surface area contributed by atoms with E-state index in [2.05, 4.69) is 5.32 Å². The molecule has 0 aromatic carbocycles. The zero-order chi connectivity index (χ0) is 28.2. The SMILES string of the molecule is CCCC1C(OCCCCN2C(=O)NC3(C2=O)C2=C(CCC=C2)C3(C)C)C=CC2C(C(F)(F)F)=CC(=O)O[C@@H]21. The van der Waals surface area contributed by atoms with Gasteiger partial charge in [-0.2, -0.15) is 13.2 Å². The maximum absolute atomic E-state index is 13.6. The van der Waals surface area contributed by atoms with Crippen molar-refractivity contribution in [1.29, 1.82) is 0 Å². The predicted molar refractivity (Wildman–Crippen MR) is 136 cm³/mol. The molecule has 5 atom stereocenters. The Morgan fingerprint density at radius 3 is 2.67 bits per heavy atom. The maximum Gasteiger partial charge on any atom is 0.413 e. The molecule has 7 nitrogen and oxygen atoms in total. The fraction of sp³-hybridized carbons (Fsp3) is 0.621. The summed E-state index contributed by atoms with van der Waals surface area (Å²) in [5.74, 6) is -2.65. The third kappa shape index (κ3) is 4.35. The van der Waals surface area contributed by atoms with E-state index in [1.807, 2.05) is 32.9 Å². The highest BCUT2D eigenvalue weighted by molar-refractivity contribution is 6.12. The number of esters is 1. The van der Waals surface area contributed by atoms with Gasteiger partial charge in [-0.1, -0.05) is 57.1 Å². The Morgan fingerprint density at radius 2 is 1.95 bits per heavy atom. The Hall–Kier alpha value is -2.88. The standard InChI is InChI=1S/C29H35F3N2O5/c1-4-9-18-22(13-12-17-21(29(30,31)32)16-23(35)39-24(17)18)38-15-8-7-14-34-25(36)28(33-26(34)37)20-11-6-5-10-19(20)27(28,2)3/h6,11-13,16-18,22,24H,4-5,7-10,14-15H2,1-3H3,(H,33,37)/t17?,18?,22?,24-,28?/m0/s1. The second kappa shape index (κ2) is 9.94. The molecule has 0 bridgehead atoms. The molecule has 3 amide bonds. The van der Waals surface area contributed by atoms with Crippen molar-refractivity contribution in [3.05, 3.63) is 47.1 Å². The third-order valence-corrected chi connectivity index (χ3v) is 9.00. The van der Waals surface area contributed by atoms with Gasteiger partial charge in [0.1, 0.15) is 6.10 Å². The van der Waals surface area contributed by atoms with Crippen LogP contribution in [0, 0.1) is 17.3 Å². The number of hydrogen-bond acceptors (Lipinski definition) is 5. The molecule has 0 saturated carbocycles. The van der Waals surface area contributed by atoms with Gasteiger partial charge in [0.15, 0.2) is 5.54 Å². The number of alkyl halides is 3. The van der Waals surface area contributed by atoms with Crippen LogP contribution in [0.25, 0.3) is 0 Å². The smallest absolute Gasteiger partial charge is 0.413 e. The van der Waals surface area contributed by atoms with E-state index in [4.69, 9.17) is 9.47 Å². The average Bonchev–Trinajstić information content (AvgIpc) is 3.15. The largest absolute Gasteiger partial charge is 0.458 e. The van der Waals surface area contributed by atoms with Crippen LogP contribution in [0.15, 0.2) is 47.1 Å². The lowest BCUT2D eigenvalue weighted by Gasteiger charge is -2.55. The van der Waals surface area contributed by atoms with Crippen molar-refractivity contribution in [2.24, 2.45) is 17.3 Å². The molecule has 1 saturated heterocycles. The number of fused-ring (bicyclic) bond motifs is 2. The molecule has 1 spiro atoms. The number of rotatable bonds is 8. The van der Waals surface area contributed by atoms with Gasteiger partial charge in [0.25, 0.3) is 5.91 Å². The minimum atomic E-state index is -4.62. The normalized spacial score (nSPS) is 33.0.